The van der Waals surface area contributed by atoms with Crippen LogP contribution in [-0.4, -0.2) is 6.54 Å². The second kappa shape index (κ2) is 6.00. The molecule has 1 nitrogen and oxygen atoms in total. The topological polar surface area (TPSA) is 12.0 Å². The Morgan fingerprint density at radius 2 is 1.89 bits per heavy atom. The lowest BCUT2D eigenvalue weighted by Gasteiger charge is -2.11. The van der Waals surface area contributed by atoms with E-state index in [1.807, 2.05) is 30.3 Å². The van der Waals surface area contributed by atoms with Gasteiger partial charge in [0, 0.05) is 15.8 Å². The number of benzene rings is 2. The molecule has 0 radical (unpaired) electrons. The van der Waals surface area contributed by atoms with Crippen molar-refractivity contribution in [1.82, 2.24) is 0 Å². The molecule has 0 aliphatic carbocycles. The van der Waals surface area contributed by atoms with Crippen LogP contribution in [-0.2, 0) is 0 Å². The minimum absolute atomic E-state index is 0.216. The highest BCUT2D eigenvalue weighted by Crippen LogP contribution is 2.20. The molecule has 0 atom stereocenters. The number of hydrogen-bond donors (Lipinski definition) is 1. The minimum Gasteiger partial charge on any atom is -0.380 e. The van der Waals surface area contributed by atoms with Crippen molar-refractivity contribution < 1.29 is 4.39 Å². The summed E-state index contributed by atoms with van der Waals surface area (Å²) < 4.78 is 13.8. The second-order valence-electron chi connectivity index (χ2n) is 3.95. The maximum Gasteiger partial charge on any atom is 0.124 e. The quantitative estimate of drug-likeness (QED) is 0.795. The standard InChI is InChI=1S/C15H13FIN/c1-11(12-5-3-2-4-6-12)10-18-15-8-7-13(16)9-14(15)17/h2-9,18H,1,10H2. The highest BCUT2D eigenvalue weighted by molar-refractivity contribution is 14.1. The molecular formula is C15H13FIN. The molecule has 0 aromatic heterocycles. The summed E-state index contributed by atoms with van der Waals surface area (Å²) in [4.78, 5) is 0. The summed E-state index contributed by atoms with van der Waals surface area (Å²) in [6.45, 7) is 4.69. The van der Waals surface area contributed by atoms with Gasteiger partial charge >= 0.3 is 0 Å². The van der Waals surface area contributed by atoms with Gasteiger partial charge < -0.3 is 5.32 Å². The van der Waals surface area contributed by atoms with Gasteiger partial charge in [0.15, 0.2) is 0 Å². The Morgan fingerprint density at radius 1 is 1.17 bits per heavy atom. The van der Waals surface area contributed by atoms with Crippen molar-refractivity contribution in [2.24, 2.45) is 0 Å². The molecule has 0 unspecified atom stereocenters. The van der Waals surface area contributed by atoms with Crippen LogP contribution in [0.5, 0.6) is 0 Å². The van der Waals surface area contributed by atoms with Crippen molar-refractivity contribution in [3.8, 4) is 0 Å². The third-order valence-electron chi connectivity index (χ3n) is 2.61. The van der Waals surface area contributed by atoms with E-state index >= 15 is 0 Å². The molecule has 0 aliphatic rings. The fourth-order valence-electron chi connectivity index (χ4n) is 1.61. The average molecular weight is 353 g/mol. The summed E-state index contributed by atoms with van der Waals surface area (Å²) in [6, 6.07) is 14.7. The largest absolute Gasteiger partial charge is 0.380 e. The van der Waals surface area contributed by atoms with Crippen LogP contribution >= 0.6 is 22.6 Å². The lowest BCUT2D eigenvalue weighted by Crippen LogP contribution is -2.04. The monoisotopic (exact) mass is 353 g/mol. The molecule has 0 bridgehead atoms. The van der Waals surface area contributed by atoms with Crippen molar-refractivity contribution in [1.29, 1.82) is 0 Å². The van der Waals surface area contributed by atoms with Crippen molar-refractivity contribution in [3.05, 3.63) is 70.1 Å². The van der Waals surface area contributed by atoms with E-state index in [4.69, 9.17) is 0 Å². The molecule has 1 N–H and O–H groups in total. The maximum absolute atomic E-state index is 13.0. The van der Waals surface area contributed by atoms with Crippen LogP contribution < -0.4 is 5.32 Å². The van der Waals surface area contributed by atoms with E-state index in [0.717, 1.165) is 20.4 Å². The number of anilines is 1. The fraction of sp³-hybridized carbons (Fsp3) is 0.0667. The highest BCUT2D eigenvalue weighted by atomic mass is 127. The summed E-state index contributed by atoms with van der Waals surface area (Å²) in [5.41, 5.74) is 3.05. The van der Waals surface area contributed by atoms with E-state index in [-0.39, 0.29) is 5.82 Å². The number of halogens is 2. The summed E-state index contributed by atoms with van der Waals surface area (Å²) in [5.74, 6) is -0.216. The molecule has 92 valence electrons. The zero-order valence-electron chi connectivity index (χ0n) is 9.79. The Bertz CT molecular complexity index is 552. The SMILES string of the molecule is C=C(CNc1ccc(F)cc1I)c1ccccc1. The molecule has 2 aromatic rings. The van der Waals surface area contributed by atoms with Crippen molar-refractivity contribution in [2.75, 3.05) is 11.9 Å². The summed E-state index contributed by atoms with van der Waals surface area (Å²) in [6.07, 6.45) is 0. The molecule has 0 saturated carbocycles. The van der Waals surface area contributed by atoms with Crippen LogP contribution in [0.15, 0.2) is 55.1 Å². The van der Waals surface area contributed by atoms with Gasteiger partial charge in [0.1, 0.15) is 5.82 Å². The predicted octanol–water partition coefficient (Wildman–Crippen LogP) is 4.56. The van der Waals surface area contributed by atoms with Gasteiger partial charge in [-0.15, -0.1) is 0 Å². The van der Waals surface area contributed by atoms with Gasteiger partial charge in [-0.1, -0.05) is 36.9 Å². The lowest BCUT2D eigenvalue weighted by molar-refractivity contribution is 0.627. The van der Waals surface area contributed by atoms with E-state index in [1.54, 1.807) is 6.07 Å². The van der Waals surface area contributed by atoms with E-state index < -0.39 is 0 Å². The maximum atomic E-state index is 13.0. The molecule has 0 spiro atoms. The minimum atomic E-state index is -0.216. The van der Waals surface area contributed by atoms with Crippen LogP contribution in [0, 0.1) is 9.39 Å². The first-order valence-electron chi connectivity index (χ1n) is 5.59. The molecule has 2 rings (SSSR count). The Morgan fingerprint density at radius 3 is 2.56 bits per heavy atom. The van der Waals surface area contributed by atoms with Crippen LogP contribution in [0.4, 0.5) is 10.1 Å². The van der Waals surface area contributed by atoms with Gasteiger partial charge in [0.05, 0.1) is 0 Å². The van der Waals surface area contributed by atoms with E-state index in [2.05, 4.69) is 34.5 Å². The van der Waals surface area contributed by atoms with Gasteiger partial charge in [0.25, 0.3) is 0 Å². The van der Waals surface area contributed by atoms with Gasteiger partial charge in [-0.2, -0.15) is 0 Å². The molecule has 0 fully saturated rings. The number of hydrogen-bond acceptors (Lipinski definition) is 1. The number of nitrogens with one attached hydrogen (secondary N) is 1. The van der Waals surface area contributed by atoms with Gasteiger partial charge in [0.2, 0.25) is 0 Å². The zero-order chi connectivity index (χ0) is 13.0. The van der Waals surface area contributed by atoms with Crippen molar-refractivity contribution in [3.63, 3.8) is 0 Å². The number of rotatable bonds is 4. The predicted molar refractivity (Wildman–Crippen MR) is 83.1 cm³/mol. The molecule has 3 heteroatoms. The van der Waals surface area contributed by atoms with E-state index in [0.29, 0.717) is 6.54 Å². The smallest absolute Gasteiger partial charge is 0.124 e. The van der Waals surface area contributed by atoms with Gasteiger partial charge in [-0.25, -0.2) is 4.39 Å². The Labute approximate surface area is 120 Å². The molecular weight excluding hydrogens is 340 g/mol. The average Bonchev–Trinajstić information content (AvgIpc) is 2.38. The van der Waals surface area contributed by atoms with Crippen LogP contribution in [0.1, 0.15) is 5.56 Å². The third kappa shape index (κ3) is 3.32. The molecule has 0 aliphatic heterocycles. The lowest BCUT2D eigenvalue weighted by atomic mass is 10.1. The van der Waals surface area contributed by atoms with Crippen LogP contribution in [0.25, 0.3) is 5.57 Å². The van der Waals surface area contributed by atoms with Gasteiger partial charge in [-0.3, -0.25) is 0 Å². The summed E-state index contributed by atoms with van der Waals surface area (Å²) >= 11 is 2.12. The normalized spacial score (nSPS) is 10.1. The Kier molecular flexibility index (Phi) is 4.36. The molecule has 0 amide bonds. The molecule has 0 heterocycles. The van der Waals surface area contributed by atoms with Crippen LogP contribution in [0.3, 0.4) is 0 Å². The van der Waals surface area contributed by atoms with Crippen molar-refractivity contribution >= 4 is 33.9 Å². The first kappa shape index (κ1) is 13.1. The molecule has 2 aromatic carbocycles. The zero-order valence-corrected chi connectivity index (χ0v) is 11.9. The molecule has 18 heavy (non-hydrogen) atoms. The fourth-order valence-corrected chi connectivity index (χ4v) is 2.28. The summed E-state index contributed by atoms with van der Waals surface area (Å²) in [5, 5.41) is 3.26. The van der Waals surface area contributed by atoms with Crippen LogP contribution in [0.2, 0.25) is 0 Å². The Balaban J connectivity index is 2.02. The van der Waals surface area contributed by atoms with E-state index in [1.165, 1.54) is 12.1 Å². The first-order valence-corrected chi connectivity index (χ1v) is 6.67. The first-order chi connectivity index (χ1) is 8.66. The van der Waals surface area contributed by atoms with E-state index in [9.17, 15) is 4.39 Å². The van der Waals surface area contributed by atoms with Gasteiger partial charge in [-0.05, 0) is 51.9 Å². The van der Waals surface area contributed by atoms with Crippen molar-refractivity contribution in [2.45, 2.75) is 0 Å². The third-order valence-corrected chi connectivity index (χ3v) is 3.50. The highest BCUT2D eigenvalue weighted by Gasteiger charge is 2.02. The summed E-state index contributed by atoms with van der Waals surface area (Å²) in [7, 11) is 0. The molecule has 0 saturated heterocycles. The Hall–Kier alpha value is -1.36. The second-order valence-corrected chi connectivity index (χ2v) is 5.11.